The summed E-state index contributed by atoms with van der Waals surface area (Å²) < 4.78 is 11.2. The Morgan fingerprint density at radius 1 is 1.40 bits per heavy atom. The van der Waals surface area contributed by atoms with E-state index in [4.69, 9.17) is 9.15 Å². The van der Waals surface area contributed by atoms with E-state index in [1.54, 1.807) is 23.6 Å². The van der Waals surface area contributed by atoms with Crippen LogP contribution in [-0.4, -0.2) is 52.5 Å². The molecule has 0 unspecified atom stereocenters. The molecule has 3 atom stereocenters. The van der Waals surface area contributed by atoms with E-state index < -0.39 is 0 Å². The minimum absolute atomic E-state index is 0.0447. The van der Waals surface area contributed by atoms with Crippen LogP contribution in [0.2, 0.25) is 0 Å². The Morgan fingerprint density at radius 3 is 3.08 bits per heavy atom. The molecule has 2 aliphatic heterocycles. The maximum Gasteiger partial charge on any atom is 0.251 e. The van der Waals surface area contributed by atoms with Gasteiger partial charge >= 0.3 is 0 Å². The molecule has 0 saturated carbocycles. The lowest BCUT2D eigenvalue weighted by molar-refractivity contribution is -0.142. The fourth-order valence-electron chi connectivity index (χ4n) is 3.86. The highest BCUT2D eigenvalue weighted by molar-refractivity contribution is 5.81. The Labute approximate surface area is 147 Å². The van der Waals surface area contributed by atoms with Crippen molar-refractivity contribution in [1.82, 2.24) is 14.8 Å². The number of carbonyl (C=O) groups excluding carboxylic acids is 1. The van der Waals surface area contributed by atoms with Gasteiger partial charge < -0.3 is 14.1 Å². The largest absolute Gasteiger partial charge is 0.472 e. The number of amides is 1. The number of furan rings is 1. The summed E-state index contributed by atoms with van der Waals surface area (Å²) >= 11 is 0. The van der Waals surface area contributed by atoms with Gasteiger partial charge in [-0.25, -0.2) is 0 Å². The Hall–Kier alpha value is -2.18. The smallest absolute Gasteiger partial charge is 0.251 e. The van der Waals surface area contributed by atoms with Gasteiger partial charge in [-0.3, -0.25) is 14.7 Å². The van der Waals surface area contributed by atoms with E-state index in [2.05, 4.69) is 9.88 Å². The molecule has 6 nitrogen and oxygen atoms in total. The van der Waals surface area contributed by atoms with E-state index in [1.165, 1.54) is 5.56 Å². The fourth-order valence-corrected chi connectivity index (χ4v) is 3.86. The van der Waals surface area contributed by atoms with Crippen molar-refractivity contribution < 1.29 is 13.9 Å². The second kappa shape index (κ2) is 6.98. The zero-order valence-corrected chi connectivity index (χ0v) is 14.4. The number of likely N-dealkylation sites (N-methyl/N-ethyl adjacent to an activating group) is 1. The summed E-state index contributed by atoms with van der Waals surface area (Å²) in [6.07, 6.45) is 6.78. The number of aromatic nitrogens is 1. The van der Waals surface area contributed by atoms with E-state index in [0.29, 0.717) is 12.6 Å². The average Bonchev–Trinajstić information content (AvgIpc) is 3.34. The molecular weight excluding hydrogens is 318 g/mol. The van der Waals surface area contributed by atoms with Gasteiger partial charge in [-0.05, 0) is 24.6 Å². The molecule has 4 heterocycles. The van der Waals surface area contributed by atoms with Crippen molar-refractivity contribution in [2.45, 2.75) is 44.2 Å². The Bertz CT molecular complexity index is 704. The Kier molecular flexibility index (Phi) is 4.55. The quantitative estimate of drug-likeness (QED) is 0.833. The van der Waals surface area contributed by atoms with Crippen LogP contribution in [0.4, 0.5) is 0 Å². The first-order valence-corrected chi connectivity index (χ1v) is 8.76. The number of hydrogen-bond donors (Lipinski definition) is 0. The van der Waals surface area contributed by atoms with Crippen LogP contribution in [0, 0.1) is 0 Å². The lowest BCUT2D eigenvalue weighted by Gasteiger charge is -2.23. The number of rotatable bonds is 5. The summed E-state index contributed by atoms with van der Waals surface area (Å²) in [5.41, 5.74) is 2.06. The lowest BCUT2D eigenvalue weighted by Crippen LogP contribution is -2.37. The predicted octanol–water partition coefficient (Wildman–Crippen LogP) is 2.06. The SMILES string of the molecule is CN(Cc1ccccn1)C(=O)[C@@H]1C[C@@H]2[C@@H](CCN2Cc2ccoc2)O1. The molecule has 0 bridgehead atoms. The van der Waals surface area contributed by atoms with Gasteiger partial charge in [-0.1, -0.05) is 6.07 Å². The highest BCUT2D eigenvalue weighted by Crippen LogP contribution is 2.34. The van der Waals surface area contributed by atoms with Crippen LogP contribution in [0.15, 0.2) is 47.4 Å². The molecule has 2 aromatic heterocycles. The maximum atomic E-state index is 12.7. The number of ether oxygens (including phenoxy) is 1. The molecule has 132 valence electrons. The number of fused-ring (bicyclic) bond motifs is 1. The number of nitrogens with zero attached hydrogens (tertiary/aromatic N) is 3. The van der Waals surface area contributed by atoms with Crippen LogP contribution in [0.5, 0.6) is 0 Å². The third-order valence-electron chi connectivity index (χ3n) is 5.14. The topological polar surface area (TPSA) is 58.8 Å². The molecule has 1 amide bonds. The summed E-state index contributed by atoms with van der Waals surface area (Å²) in [4.78, 5) is 21.2. The van der Waals surface area contributed by atoms with Gasteiger partial charge in [0.15, 0.2) is 0 Å². The summed E-state index contributed by atoms with van der Waals surface area (Å²) in [6.45, 7) is 2.37. The maximum absolute atomic E-state index is 12.7. The second-order valence-electron chi connectivity index (χ2n) is 6.87. The second-order valence-corrected chi connectivity index (χ2v) is 6.87. The Balaban J connectivity index is 1.36. The van der Waals surface area contributed by atoms with Gasteiger partial charge in [-0.15, -0.1) is 0 Å². The van der Waals surface area contributed by atoms with E-state index in [0.717, 1.165) is 31.6 Å². The molecule has 4 rings (SSSR count). The number of likely N-dealkylation sites (tertiary alicyclic amines) is 1. The van der Waals surface area contributed by atoms with Crippen LogP contribution in [0.1, 0.15) is 24.1 Å². The number of hydrogen-bond acceptors (Lipinski definition) is 5. The highest BCUT2D eigenvalue weighted by Gasteiger charge is 2.46. The monoisotopic (exact) mass is 341 g/mol. The summed E-state index contributed by atoms with van der Waals surface area (Å²) in [5, 5.41) is 0. The number of pyridine rings is 1. The van der Waals surface area contributed by atoms with Gasteiger partial charge in [-0.2, -0.15) is 0 Å². The van der Waals surface area contributed by atoms with Crippen molar-refractivity contribution >= 4 is 5.91 Å². The van der Waals surface area contributed by atoms with Crippen LogP contribution in [0.3, 0.4) is 0 Å². The molecular formula is C19H23N3O3. The molecule has 0 aliphatic carbocycles. The predicted molar refractivity (Wildman–Crippen MR) is 91.5 cm³/mol. The van der Waals surface area contributed by atoms with Gasteiger partial charge in [0.05, 0.1) is 30.9 Å². The van der Waals surface area contributed by atoms with Crippen molar-refractivity contribution in [1.29, 1.82) is 0 Å². The number of carbonyl (C=O) groups is 1. The third kappa shape index (κ3) is 3.45. The fraction of sp³-hybridized carbons (Fsp3) is 0.474. The summed E-state index contributed by atoms with van der Waals surface area (Å²) in [5.74, 6) is 0.0447. The van der Waals surface area contributed by atoms with Crippen molar-refractivity contribution in [3.63, 3.8) is 0 Å². The first-order valence-electron chi connectivity index (χ1n) is 8.76. The zero-order chi connectivity index (χ0) is 17.2. The van der Waals surface area contributed by atoms with Crippen LogP contribution in [0.25, 0.3) is 0 Å². The molecule has 2 aliphatic rings. The van der Waals surface area contributed by atoms with Gasteiger partial charge in [0.1, 0.15) is 6.10 Å². The molecule has 2 fully saturated rings. The minimum atomic E-state index is -0.351. The molecule has 0 spiro atoms. The molecule has 0 radical (unpaired) electrons. The molecule has 0 aromatic carbocycles. The van der Waals surface area contributed by atoms with Gasteiger partial charge in [0, 0.05) is 44.4 Å². The van der Waals surface area contributed by atoms with Gasteiger partial charge in [0.2, 0.25) is 0 Å². The van der Waals surface area contributed by atoms with Crippen molar-refractivity contribution in [2.75, 3.05) is 13.6 Å². The molecule has 0 N–H and O–H groups in total. The zero-order valence-electron chi connectivity index (χ0n) is 14.4. The molecule has 2 aromatic rings. The van der Waals surface area contributed by atoms with Crippen molar-refractivity contribution in [3.05, 3.63) is 54.2 Å². The Morgan fingerprint density at radius 2 is 2.32 bits per heavy atom. The average molecular weight is 341 g/mol. The molecule has 2 saturated heterocycles. The van der Waals surface area contributed by atoms with Crippen molar-refractivity contribution in [2.24, 2.45) is 0 Å². The van der Waals surface area contributed by atoms with E-state index in [1.807, 2.05) is 31.3 Å². The minimum Gasteiger partial charge on any atom is -0.472 e. The van der Waals surface area contributed by atoms with Gasteiger partial charge in [0.25, 0.3) is 5.91 Å². The molecule has 25 heavy (non-hydrogen) atoms. The summed E-state index contributed by atoms with van der Waals surface area (Å²) in [6, 6.07) is 8.05. The van der Waals surface area contributed by atoms with Crippen LogP contribution >= 0.6 is 0 Å². The standard InChI is InChI=1S/C19H23N3O3/c1-21(12-15-4-2-3-7-20-15)19(23)18-10-16-17(25-18)5-8-22(16)11-14-6-9-24-13-14/h2-4,6-7,9,13,16-18H,5,8,10-12H2,1H3/t16-,17-,18+/m1/s1. The lowest BCUT2D eigenvalue weighted by atomic mass is 10.1. The highest BCUT2D eigenvalue weighted by atomic mass is 16.5. The van der Waals surface area contributed by atoms with Crippen LogP contribution < -0.4 is 0 Å². The van der Waals surface area contributed by atoms with E-state index >= 15 is 0 Å². The van der Waals surface area contributed by atoms with Crippen LogP contribution in [-0.2, 0) is 22.6 Å². The molecule has 6 heteroatoms. The normalized spacial score (nSPS) is 25.9. The van der Waals surface area contributed by atoms with E-state index in [-0.39, 0.29) is 18.1 Å². The van der Waals surface area contributed by atoms with E-state index in [9.17, 15) is 4.79 Å². The summed E-state index contributed by atoms with van der Waals surface area (Å²) in [7, 11) is 1.82. The first kappa shape index (κ1) is 16.3. The van der Waals surface area contributed by atoms with Crippen molar-refractivity contribution in [3.8, 4) is 0 Å². The third-order valence-corrected chi connectivity index (χ3v) is 5.14. The first-order chi connectivity index (χ1) is 12.2.